The second-order valence-corrected chi connectivity index (χ2v) is 6.29. The summed E-state index contributed by atoms with van der Waals surface area (Å²) in [6.07, 6.45) is 0. The third-order valence-electron chi connectivity index (χ3n) is 2.85. The summed E-state index contributed by atoms with van der Waals surface area (Å²) in [5.41, 5.74) is 0.499. The zero-order valence-electron chi connectivity index (χ0n) is 10.5. The molecule has 0 aliphatic heterocycles. The highest BCUT2D eigenvalue weighted by atomic mass is 32.2. The van der Waals surface area contributed by atoms with Gasteiger partial charge >= 0.3 is 0 Å². The van der Waals surface area contributed by atoms with Gasteiger partial charge in [0.1, 0.15) is 5.25 Å². The average molecular weight is 274 g/mol. The van der Waals surface area contributed by atoms with E-state index in [1.54, 1.807) is 48.5 Å². The first-order chi connectivity index (χ1) is 9.03. The molecule has 1 atom stereocenters. The van der Waals surface area contributed by atoms with E-state index >= 15 is 0 Å². The van der Waals surface area contributed by atoms with Gasteiger partial charge < -0.3 is 0 Å². The highest BCUT2D eigenvalue weighted by Crippen LogP contribution is 2.29. The standard InChI is InChI=1S/C15H14O3S/c1-12(16)15(13-8-4-2-5-9-13)19(17,18)14-10-6-3-7-11-14/h2-11,15H,1H3. The maximum atomic E-state index is 12.6. The van der Waals surface area contributed by atoms with Crippen LogP contribution in [0.2, 0.25) is 0 Å². The Kier molecular flexibility index (Phi) is 3.81. The van der Waals surface area contributed by atoms with Crippen LogP contribution in [-0.2, 0) is 14.6 Å². The second-order valence-electron chi connectivity index (χ2n) is 4.26. The van der Waals surface area contributed by atoms with Crippen molar-refractivity contribution < 1.29 is 13.2 Å². The molecule has 0 aliphatic rings. The first-order valence-electron chi connectivity index (χ1n) is 5.88. The van der Waals surface area contributed by atoms with Crippen LogP contribution in [-0.4, -0.2) is 14.2 Å². The van der Waals surface area contributed by atoms with Crippen LogP contribution < -0.4 is 0 Å². The average Bonchev–Trinajstić information content (AvgIpc) is 2.40. The highest BCUT2D eigenvalue weighted by molar-refractivity contribution is 7.92. The molecule has 0 saturated heterocycles. The summed E-state index contributed by atoms with van der Waals surface area (Å²) in [5.74, 6) is -0.380. The molecule has 0 aromatic heterocycles. The number of benzene rings is 2. The minimum absolute atomic E-state index is 0.166. The van der Waals surface area contributed by atoms with Crippen LogP contribution in [0, 0.1) is 0 Å². The van der Waals surface area contributed by atoms with Crippen molar-refractivity contribution in [3.63, 3.8) is 0 Å². The predicted molar refractivity (Wildman–Crippen MR) is 73.5 cm³/mol. The summed E-state index contributed by atoms with van der Waals surface area (Å²) in [7, 11) is -3.70. The van der Waals surface area contributed by atoms with Crippen molar-refractivity contribution in [3.05, 3.63) is 66.2 Å². The van der Waals surface area contributed by atoms with Gasteiger partial charge in [-0.1, -0.05) is 48.5 Å². The first-order valence-corrected chi connectivity index (χ1v) is 7.42. The van der Waals surface area contributed by atoms with Crippen LogP contribution >= 0.6 is 0 Å². The monoisotopic (exact) mass is 274 g/mol. The molecule has 0 saturated carbocycles. The fraction of sp³-hybridized carbons (Fsp3) is 0.133. The zero-order chi connectivity index (χ0) is 13.9. The fourth-order valence-corrected chi connectivity index (χ4v) is 3.77. The Bertz CT molecular complexity index is 661. The Hall–Kier alpha value is -1.94. The van der Waals surface area contributed by atoms with Gasteiger partial charge in [0, 0.05) is 0 Å². The quantitative estimate of drug-likeness (QED) is 0.861. The molecule has 0 aliphatic carbocycles. The van der Waals surface area contributed by atoms with Crippen molar-refractivity contribution in [1.82, 2.24) is 0 Å². The van der Waals surface area contributed by atoms with Crippen LogP contribution in [0.25, 0.3) is 0 Å². The maximum absolute atomic E-state index is 12.6. The summed E-state index contributed by atoms with van der Waals surface area (Å²) in [6, 6.07) is 16.6. The number of hydrogen-bond donors (Lipinski definition) is 0. The summed E-state index contributed by atoms with van der Waals surface area (Å²) in [5, 5.41) is -1.14. The SMILES string of the molecule is CC(=O)C(c1ccccc1)S(=O)(=O)c1ccccc1. The van der Waals surface area contributed by atoms with Gasteiger partial charge in [-0.3, -0.25) is 4.79 Å². The summed E-state index contributed by atoms with van der Waals surface area (Å²) in [4.78, 5) is 12.0. The van der Waals surface area contributed by atoms with Crippen molar-refractivity contribution in [3.8, 4) is 0 Å². The summed E-state index contributed by atoms with van der Waals surface area (Å²) >= 11 is 0. The number of Topliss-reactive ketones (excluding diaryl/α,β-unsaturated/α-hetero) is 1. The topological polar surface area (TPSA) is 51.2 Å². The molecule has 0 amide bonds. The van der Waals surface area contributed by atoms with E-state index in [2.05, 4.69) is 0 Å². The van der Waals surface area contributed by atoms with E-state index in [1.807, 2.05) is 0 Å². The van der Waals surface area contributed by atoms with E-state index in [0.717, 1.165) is 0 Å². The molecule has 0 bridgehead atoms. The van der Waals surface area contributed by atoms with E-state index in [1.165, 1.54) is 19.1 Å². The normalized spacial score (nSPS) is 12.9. The van der Waals surface area contributed by atoms with E-state index in [-0.39, 0.29) is 10.7 Å². The summed E-state index contributed by atoms with van der Waals surface area (Å²) in [6.45, 7) is 1.30. The van der Waals surface area contributed by atoms with Crippen LogP contribution in [0.3, 0.4) is 0 Å². The van der Waals surface area contributed by atoms with Gasteiger partial charge in [-0.25, -0.2) is 8.42 Å². The van der Waals surface area contributed by atoms with E-state index in [9.17, 15) is 13.2 Å². The lowest BCUT2D eigenvalue weighted by Crippen LogP contribution is -2.20. The van der Waals surface area contributed by atoms with Crippen molar-refractivity contribution >= 4 is 15.6 Å². The Morgan fingerprint density at radius 2 is 1.37 bits per heavy atom. The van der Waals surface area contributed by atoms with Gasteiger partial charge in [0.05, 0.1) is 4.90 Å². The molecule has 98 valence electrons. The molecular weight excluding hydrogens is 260 g/mol. The second kappa shape index (κ2) is 5.36. The molecule has 0 spiro atoms. The third-order valence-corrected chi connectivity index (χ3v) is 5.01. The minimum Gasteiger partial charge on any atom is -0.298 e. The van der Waals surface area contributed by atoms with Crippen LogP contribution in [0.15, 0.2) is 65.6 Å². The summed E-state index contributed by atoms with van der Waals surface area (Å²) < 4.78 is 25.1. The van der Waals surface area contributed by atoms with Gasteiger partial charge in [0.25, 0.3) is 0 Å². The molecule has 4 heteroatoms. The molecule has 0 N–H and O–H groups in total. The minimum atomic E-state index is -3.70. The Morgan fingerprint density at radius 3 is 1.84 bits per heavy atom. The Balaban J connectivity index is 2.55. The highest BCUT2D eigenvalue weighted by Gasteiger charge is 2.32. The number of hydrogen-bond acceptors (Lipinski definition) is 3. The van der Waals surface area contributed by atoms with Gasteiger partial charge in [0.2, 0.25) is 0 Å². The van der Waals surface area contributed by atoms with E-state index in [4.69, 9.17) is 0 Å². The number of rotatable bonds is 4. The smallest absolute Gasteiger partial charge is 0.192 e. The zero-order valence-corrected chi connectivity index (χ0v) is 11.3. The molecule has 1 unspecified atom stereocenters. The molecular formula is C15H14O3S. The lowest BCUT2D eigenvalue weighted by atomic mass is 10.1. The maximum Gasteiger partial charge on any atom is 0.192 e. The predicted octanol–water partition coefficient (Wildman–Crippen LogP) is 2.79. The lowest BCUT2D eigenvalue weighted by molar-refractivity contribution is -0.116. The molecule has 3 nitrogen and oxygen atoms in total. The van der Waals surface area contributed by atoms with Crippen LogP contribution in [0.1, 0.15) is 17.7 Å². The van der Waals surface area contributed by atoms with Gasteiger partial charge in [0.15, 0.2) is 15.6 Å². The molecule has 2 aromatic carbocycles. The van der Waals surface area contributed by atoms with Crippen LogP contribution in [0.4, 0.5) is 0 Å². The van der Waals surface area contributed by atoms with Crippen molar-refractivity contribution in [2.24, 2.45) is 0 Å². The first kappa shape index (κ1) is 13.5. The number of ketones is 1. The van der Waals surface area contributed by atoms with Gasteiger partial charge in [-0.05, 0) is 24.6 Å². The van der Waals surface area contributed by atoms with Gasteiger partial charge in [-0.2, -0.15) is 0 Å². The molecule has 2 rings (SSSR count). The molecule has 2 aromatic rings. The number of carbonyl (C=O) groups excluding carboxylic acids is 1. The lowest BCUT2D eigenvalue weighted by Gasteiger charge is -2.15. The Morgan fingerprint density at radius 1 is 0.895 bits per heavy atom. The van der Waals surface area contributed by atoms with Crippen molar-refractivity contribution in [1.29, 1.82) is 0 Å². The van der Waals surface area contributed by atoms with Gasteiger partial charge in [-0.15, -0.1) is 0 Å². The molecule has 19 heavy (non-hydrogen) atoms. The Labute approximate surface area is 112 Å². The van der Waals surface area contributed by atoms with Crippen LogP contribution in [0.5, 0.6) is 0 Å². The number of carbonyl (C=O) groups is 1. The third kappa shape index (κ3) is 2.74. The fourth-order valence-electron chi connectivity index (χ4n) is 2.01. The molecule has 0 heterocycles. The molecule has 0 fully saturated rings. The largest absolute Gasteiger partial charge is 0.298 e. The van der Waals surface area contributed by atoms with E-state index in [0.29, 0.717) is 5.56 Å². The number of sulfone groups is 1. The van der Waals surface area contributed by atoms with Crippen molar-refractivity contribution in [2.45, 2.75) is 17.1 Å². The van der Waals surface area contributed by atoms with E-state index < -0.39 is 15.1 Å². The van der Waals surface area contributed by atoms with Crippen molar-refractivity contribution in [2.75, 3.05) is 0 Å². The molecule has 0 radical (unpaired) electrons.